The van der Waals surface area contributed by atoms with Gasteiger partial charge in [0.15, 0.2) is 0 Å². The zero-order chi connectivity index (χ0) is 25.2. The fourth-order valence-electron chi connectivity index (χ4n) is 3.73. The van der Waals surface area contributed by atoms with Crippen molar-refractivity contribution in [2.24, 2.45) is 0 Å². The summed E-state index contributed by atoms with van der Waals surface area (Å²) >= 11 is 3.26. The third-order valence-electron chi connectivity index (χ3n) is 5.75. The minimum Gasteiger partial charge on any atom is -0.490 e. The molecule has 184 valence electrons. The molecule has 1 aliphatic rings. The predicted octanol–water partition coefficient (Wildman–Crippen LogP) is 6.07. The van der Waals surface area contributed by atoms with Gasteiger partial charge in [-0.25, -0.2) is 9.59 Å². The molecule has 0 radical (unpaired) electrons. The molecule has 3 aromatic rings. The smallest absolute Gasteiger partial charge is 0.337 e. The first kappa shape index (κ1) is 26.3. The number of para-hydroxylation sites is 1. The maximum atomic E-state index is 11.5. The number of halogens is 1. The summed E-state index contributed by atoms with van der Waals surface area (Å²) in [7, 11) is 2.76. The van der Waals surface area contributed by atoms with Gasteiger partial charge < -0.3 is 19.1 Å². The second-order valence-electron chi connectivity index (χ2n) is 8.11. The van der Waals surface area contributed by atoms with E-state index in [4.69, 9.17) is 9.47 Å². The first-order valence-corrected chi connectivity index (χ1v) is 12.2. The maximum absolute atomic E-state index is 11.5. The molecule has 0 N–H and O–H groups in total. The average molecular weight is 540 g/mol. The van der Waals surface area contributed by atoms with Crippen LogP contribution in [0.25, 0.3) is 0 Å². The lowest BCUT2D eigenvalue weighted by Gasteiger charge is -2.34. The number of hydrogen-bond acceptors (Lipinski definition) is 6. The number of piperidine rings is 1. The highest BCUT2D eigenvalue weighted by atomic mass is 79.9. The molecule has 1 fully saturated rings. The van der Waals surface area contributed by atoms with E-state index in [1.165, 1.54) is 19.8 Å². The minimum absolute atomic E-state index is 0.261. The highest BCUT2D eigenvalue weighted by Crippen LogP contribution is 2.25. The first-order chi connectivity index (χ1) is 16.9. The number of hydrogen-bond donors (Lipinski definition) is 0. The Labute approximate surface area is 214 Å². The van der Waals surface area contributed by atoms with Gasteiger partial charge >= 0.3 is 11.9 Å². The number of esters is 2. The minimum atomic E-state index is -0.308. The van der Waals surface area contributed by atoms with Crippen molar-refractivity contribution in [2.45, 2.75) is 25.9 Å². The Kier molecular flexibility index (Phi) is 9.73. The topological polar surface area (TPSA) is 65.1 Å². The molecule has 6 nitrogen and oxygen atoms in total. The molecule has 0 aromatic heterocycles. The van der Waals surface area contributed by atoms with Crippen molar-refractivity contribution in [1.82, 2.24) is 0 Å². The summed E-state index contributed by atoms with van der Waals surface area (Å²) in [5.74, 6) is 0.378. The molecule has 0 aliphatic carbocycles. The maximum Gasteiger partial charge on any atom is 0.337 e. The Bertz CT molecular complexity index is 1110. The Hall–Kier alpha value is -3.32. The van der Waals surface area contributed by atoms with Crippen molar-refractivity contribution in [3.05, 3.63) is 94.0 Å². The largest absolute Gasteiger partial charge is 0.490 e. The van der Waals surface area contributed by atoms with Crippen LogP contribution in [0.2, 0.25) is 0 Å². The van der Waals surface area contributed by atoms with Gasteiger partial charge in [-0.1, -0.05) is 34.1 Å². The molecular formula is C28H30BrNO5. The molecule has 1 aliphatic heterocycles. The number of anilines is 1. The highest BCUT2D eigenvalue weighted by molar-refractivity contribution is 9.10. The first-order valence-electron chi connectivity index (χ1n) is 11.4. The van der Waals surface area contributed by atoms with Gasteiger partial charge in [-0.3, -0.25) is 0 Å². The van der Waals surface area contributed by atoms with E-state index in [9.17, 15) is 9.59 Å². The summed E-state index contributed by atoms with van der Waals surface area (Å²) in [6.07, 6.45) is 2.25. The van der Waals surface area contributed by atoms with Gasteiger partial charge in [-0.2, -0.15) is 0 Å². The number of carbonyl (C=O) groups excluding carboxylic acids is 2. The lowest BCUT2D eigenvalue weighted by atomic mass is 10.1. The summed E-state index contributed by atoms with van der Waals surface area (Å²) < 4.78 is 16.4. The van der Waals surface area contributed by atoms with E-state index in [1.807, 2.05) is 42.5 Å². The molecule has 0 saturated carbocycles. The molecule has 4 rings (SSSR count). The van der Waals surface area contributed by atoms with Gasteiger partial charge in [-0.05, 0) is 67.1 Å². The Morgan fingerprint density at radius 3 is 1.83 bits per heavy atom. The number of aryl methyl sites for hydroxylation is 1. The van der Waals surface area contributed by atoms with Gasteiger partial charge in [0.25, 0.3) is 0 Å². The number of ether oxygens (including phenoxy) is 3. The van der Waals surface area contributed by atoms with Crippen molar-refractivity contribution >= 4 is 33.6 Å². The van der Waals surface area contributed by atoms with E-state index in [0.29, 0.717) is 11.1 Å². The number of carbonyl (C=O) groups is 2. The average Bonchev–Trinajstić information content (AvgIpc) is 2.90. The number of rotatable bonds is 5. The summed E-state index contributed by atoms with van der Waals surface area (Å²) in [5, 5.41) is 0. The molecule has 1 saturated heterocycles. The summed E-state index contributed by atoms with van der Waals surface area (Å²) in [6, 6.07) is 22.8. The van der Waals surface area contributed by atoms with Crippen molar-refractivity contribution < 1.29 is 23.8 Å². The Morgan fingerprint density at radius 2 is 1.31 bits per heavy atom. The molecule has 3 aromatic carbocycles. The monoisotopic (exact) mass is 539 g/mol. The van der Waals surface area contributed by atoms with Crippen LogP contribution >= 0.6 is 15.9 Å². The SMILES string of the molecule is COC(=O)c1ccc(Br)cc1.COC(=O)c1ccc(N2CCC(Oc3ccccc3C)CC2)cc1. The summed E-state index contributed by atoms with van der Waals surface area (Å²) in [4.78, 5) is 24.7. The van der Waals surface area contributed by atoms with Crippen LogP contribution in [0, 0.1) is 6.92 Å². The van der Waals surface area contributed by atoms with E-state index in [2.05, 4.69) is 38.6 Å². The predicted molar refractivity (Wildman–Crippen MR) is 140 cm³/mol. The fourth-order valence-corrected chi connectivity index (χ4v) is 3.99. The highest BCUT2D eigenvalue weighted by Gasteiger charge is 2.21. The standard InChI is InChI=1S/C20H23NO3.C8H7BrO2/c1-15-5-3-4-6-19(15)24-18-11-13-21(14-12-18)17-9-7-16(8-10-17)20(22)23-2;1-11-8(10)6-2-4-7(9)5-3-6/h3-10,18H,11-14H2,1-2H3;2-5H,1H3. The molecule has 0 unspecified atom stereocenters. The third kappa shape index (κ3) is 7.59. The molecule has 1 heterocycles. The second kappa shape index (κ2) is 13.0. The van der Waals surface area contributed by atoms with Crippen LogP contribution in [0.15, 0.2) is 77.3 Å². The van der Waals surface area contributed by atoms with Gasteiger partial charge in [0.1, 0.15) is 11.9 Å². The molecule has 35 heavy (non-hydrogen) atoms. The lowest BCUT2D eigenvalue weighted by Crippen LogP contribution is -2.38. The van der Waals surface area contributed by atoms with Crippen molar-refractivity contribution in [3.8, 4) is 5.75 Å². The van der Waals surface area contributed by atoms with E-state index >= 15 is 0 Å². The second-order valence-corrected chi connectivity index (χ2v) is 9.02. The zero-order valence-electron chi connectivity index (χ0n) is 20.2. The van der Waals surface area contributed by atoms with Crippen molar-refractivity contribution in [1.29, 1.82) is 0 Å². The number of benzene rings is 3. The summed E-state index contributed by atoms with van der Waals surface area (Å²) in [5.41, 5.74) is 3.46. The Morgan fingerprint density at radius 1 is 0.800 bits per heavy atom. The molecule has 7 heteroatoms. The Balaban J connectivity index is 0.000000261. The van der Waals surface area contributed by atoms with Gasteiger partial charge in [0, 0.05) is 36.1 Å². The molecule has 0 amide bonds. The third-order valence-corrected chi connectivity index (χ3v) is 6.28. The normalized spacial score (nSPS) is 13.3. The zero-order valence-corrected chi connectivity index (χ0v) is 21.8. The van der Waals surface area contributed by atoms with Crippen LogP contribution in [-0.4, -0.2) is 45.4 Å². The molecule has 0 spiro atoms. The summed E-state index contributed by atoms with van der Waals surface area (Å²) in [6.45, 7) is 3.98. The quantitative estimate of drug-likeness (QED) is 0.367. The van der Waals surface area contributed by atoms with Crippen LogP contribution in [-0.2, 0) is 9.47 Å². The lowest BCUT2D eigenvalue weighted by molar-refractivity contribution is 0.0592. The van der Waals surface area contributed by atoms with Crippen LogP contribution in [0.5, 0.6) is 5.75 Å². The number of methoxy groups -OCH3 is 2. The van der Waals surface area contributed by atoms with Crippen LogP contribution in [0.3, 0.4) is 0 Å². The van der Waals surface area contributed by atoms with E-state index in [0.717, 1.165) is 41.8 Å². The van der Waals surface area contributed by atoms with Crippen LogP contribution in [0.4, 0.5) is 5.69 Å². The fraction of sp³-hybridized carbons (Fsp3) is 0.286. The molecule has 0 atom stereocenters. The van der Waals surface area contributed by atoms with Crippen LogP contribution in [0.1, 0.15) is 39.1 Å². The van der Waals surface area contributed by atoms with E-state index in [-0.39, 0.29) is 18.0 Å². The van der Waals surface area contributed by atoms with E-state index in [1.54, 1.807) is 24.3 Å². The van der Waals surface area contributed by atoms with E-state index < -0.39 is 0 Å². The number of nitrogens with zero attached hydrogens (tertiary/aromatic N) is 1. The van der Waals surface area contributed by atoms with Gasteiger partial charge in [0.05, 0.1) is 25.3 Å². The van der Waals surface area contributed by atoms with Crippen molar-refractivity contribution in [3.63, 3.8) is 0 Å². The van der Waals surface area contributed by atoms with Crippen LogP contribution < -0.4 is 9.64 Å². The molecular weight excluding hydrogens is 510 g/mol. The van der Waals surface area contributed by atoms with Gasteiger partial charge in [0.2, 0.25) is 0 Å². The van der Waals surface area contributed by atoms with Gasteiger partial charge in [-0.15, -0.1) is 0 Å². The van der Waals surface area contributed by atoms with Crippen molar-refractivity contribution in [2.75, 3.05) is 32.2 Å². The molecule has 0 bridgehead atoms.